The van der Waals surface area contributed by atoms with Crippen LogP contribution in [0.1, 0.15) is 18.1 Å². The van der Waals surface area contributed by atoms with Crippen LogP contribution in [0.25, 0.3) is 5.57 Å². The summed E-state index contributed by atoms with van der Waals surface area (Å²) in [7, 11) is 0. The van der Waals surface area contributed by atoms with Gasteiger partial charge in [0.1, 0.15) is 0 Å². The van der Waals surface area contributed by atoms with Crippen molar-refractivity contribution in [1.29, 1.82) is 0 Å². The molecule has 3 rings (SSSR count). The average Bonchev–Trinajstić information content (AvgIpc) is 2.81. The fraction of sp³-hybridized carbons (Fsp3) is 0.0909. The summed E-state index contributed by atoms with van der Waals surface area (Å²) in [4.78, 5) is 0. The number of hydrogen-bond donors (Lipinski definition) is 0. The van der Waals surface area contributed by atoms with E-state index >= 15 is 0 Å². The minimum atomic E-state index is -0.204. The number of allylic oxidation sites excluding steroid dienone is 8. The van der Waals surface area contributed by atoms with Crippen LogP contribution in [0.5, 0.6) is 0 Å². The third kappa shape index (κ3) is 2.87. The molecule has 0 spiro atoms. The maximum absolute atomic E-state index is 2.34. The van der Waals surface area contributed by atoms with Crippen LogP contribution in [0.4, 0.5) is 0 Å². The summed E-state index contributed by atoms with van der Waals surface area (Å²) in [6.45, 7) is 2.08. The zero-order valence-corrected chi connectivity index (χ0v) is 12.8. The van der Waals surface area contributed by atoms with Crippen molar-refractivity contribution in [2.75, 3.05) is 0 Å². The normalized spacial score (nSPS) is 20.9. The summed E-state index contributed by atoms with van der Waals surface area (Å²) < 4.78 is 0. The Bertz CT molecular complexity index is 730. The zero-order chi connectivity index (χ0) is 15.3. The van der Waals surface area contributed by atoms with E-state index in [-0.39, 0.29) is 5.41 Å². The van der Waals surface area contributed by atoms with Crippen LogP contribution < -0.4 is 0 Å². The molecule has 0 amide bonds. The summed E-state index contributed by atoms with van der Waals surface area (Å²) in [5.41, 5.74) is 3.56. The molecule has 2 aromatic carbocycles. The number of rotatable bonds is 3. The highest BCUT2D eigenvalue weighted by molar-refractivity contribution is 5.77. The van der Waals surface area contributed by atoms with E-state index in [9.17, 15) is 0 Å². The monoisotopic (exact) mass is 284 g/mol. The minimum Gasteiger partial charge on any atom is -0.0901 e. The molecule has 2 aromatic rings. The summed E-state index contributed by atoms with van der Waals surface area (Å²) in [5, 5.41) is 0. The first-order valence-electron chi connectivity index (χ1n) is 7.68. The molecule has 0 bridgehead atoms. The zero-order valence-electron chi connectivity index (χ0n) is 12.8. The standard InChI is InChI=1S/C22H20/c1-2-16-22(21-14-7-4-8-15-21)17-10-9-13-20(18-22)19-11-5-3-6-12-19/h2-18H,1H3/b16-2+. The lowest BCUT2D eigenvalue weighted by molar-refractivity contribution is 0.857. The van der Waals surface area contributed by atoms with Gasteiger partial charge in [-0.05, 0) is 23.6 Å². The van der Waals surface area contributed by atoms with Gasteiger partial charge in [-0.2, -0.15) is 0 Å². The molecule has 0 heteroatoms. The Morgan fingerprint density at radius 1 is 0.818 bits per heavy atom. The van der Waals surface area contributed by atoms with E-state index in [0.717, 1.165) is 0 Å². The number of benzene rings is 2. The molecule has 1 atom stereocenters. The fourth-order valence-electron chi connectivity index (χ4n) is 2.92. The third-order valence-electron chi connectivity index (χ3n) is 3.98. The van der Waals surface area contributed by atoms with Gasteiger partial charge in [0.05, 0.1) is 5.41 Å². The van der Waals surface area contributed by atoms with E-state index in [1.165, 1.54) is 16.7 Å². The van der Waals surface area contributed by atoms with Crippen LogP contribution in [-0.4, -0.2) is 0 Å². The highest BCUT2D eigenvalue weighted by Crippen LogP contribution is 2.35. The van der Waals surface area contributed by atoms with E-state index in [0.29, 0.717) is 0 Å². The largest absolute Gasteiger partial charge is 0.0901 e. The molecule has 1 aliphatic rings. The maximum Gasteiger partial charge on any atom is 0.0505 e. The molecular formula is C22H20. The lowest BCUT2D eigenvalue weighted by Gasteiger charge is -2.25. The van der Waals surface area contributed by atoms with E-state index in [2.05, 4.69) is 110 Å². The molecule has 1 aliphatic carbocycles. The van der Waals surface area contributed by atoms with Crippen molar-refractivity contribution < 1.29 is 0 Å². The van der Waals surface area contributed by atoms with Gasteiger partial charge in [-0.15, -0.1) is 0 Å². The fourth-order valence-corrected chi connectivity index (χ4v) is 2.92. The second-order valence-electron chi connectivity index (χ2n) is 5.48. The first kappa shape index (κ1) is 14.3. The Labute approximate surface area is 132 Å². The Balaban J connectivity index is 2.17. The van der Waals surface area contributed by atoms with Gasteiger partial charge in [-0.25, -0.2) is 0 Å². The molecule has 0 aliphatic heterocycles. The predicted molar refractivity (Wildman–Crippen MR) is 95.6 cm³/mol. The van der Waals surface area contributed by atoms with Crippen LogP contribution in [0.15, 0.2) is 103 Å². The van der Waals surface area contributed by atoms with E-state index in [4.69, 9.17) is 0 Å². The molecule has 0 N–H and O–H groups in total. The van der Waals surface area contributed by atoms with Gasteiger partial charge in [0, 0.05) is 0 Å². The van der Waals surface area contributed by atoms with Crippen molar-refractivity contribution in [1.82, 2.24) is 0 Å². The molecule has 0 nitrogen and oxygen atoms in total. The second kappa shape index (κ2) is 6.44. The summed E-state index contributed by atoms with van der Waals surface area (Å²) in [6, 6.07) is 21.2. The maximum atomic E-state index is 2.34. The first-order valence-corrected chi connectivity index (χ1v) is 7.68. The molecule has 0 radical (unpaired) electrons. The molecule has 108 valence electrons. The SMILES string of the molecule is C/C=C/C1(c2ccccc2)C=CC=CC(c2ccccc2)=C1. The summed E-state index contributed by atoms with van der Waals surface area (Å²) in [5.74, 6) is 0. The van der Waals surface area contributed by atoms with E-state index < -0.39 is 0 Å². The second-order valence-corrected chi connectivity index (χ2v) is 5.48. The van der Waals surface area contributed by atoms with Gasteiger partial charge >= 0.3 is 0 Å². The van der Waals surface area contributed by atoms with Crippen molar-refractivity contribution in [3.8, 4) is 0 Å². The molecule has 0 saturated carbocycles. The van der Waals surface area contributed by atoms with Crippen molar-refractivity contribution in [2.24, 2.45) is 0 Å². The Morgan fingerprint density at radius 3 is 2.18 bits per heavy atom. The Hall–Kier alpha value is -2.60. The highest BCUT2D eigenvalue weighted by atomic mass is 14.3. The minimum absolute atomic E-state index is 0.204. The van der Waals surface area contributed by atoms with Gasteiger partial charge in [0.25, 0.3) is 0 Å². The molecule has 0 saturated heterocycles. The smallest absolute Gasteiger partial charge is 0.0505 e. The molecule has 0 aromatic heterocycles. The molecule has 0 heterocycles. The average molecular weight is 284 g/mol. The van der Waals surface area contributed by atoms with Crippen molar-refractivity contribution in [3.05, 3.63) is 114 Å². The van der Waals surface area contributed by atoms with Gasteiger partial charge in [-0.3, -0.25) is 0 Å². The van der Waals surface area contributed by atoms with E-state index in [1.54, 1.807) is 0 Å². The quantitative estimate of drug-likeness (QED) is 0.633. The lowest BCUT2D eigenvalue weighted by atomic mass is 9.78. The molecular weight excluding hydrogens is 264 g/mol. The van der Waals surface area contributed by atoms with Crippen LogP contribution in [-0.2, 0) is 5.41 Å². The highest BCUT2D eigenvalue weighted by Gasteiger charge is 2.24. The van der Waals surface area contributed by atoms with Gasteiger partial charge in [-0.1, -0.05) is 103 Å². The van der Waals surface area contributed by atoms with Crippen molar-refractivity contribution >= 4 is 5.57 Å². The first-order chi connectivity index (χ1) is 10.8. The van der Waals surface area contributed by atoms with Gasteiger partial charge in [0.15, 0.2) is 0 Å². The van der Waals surface area contributed by atoms with E-state index in [1.807, 2.05) is 0 Å². The molecule has 1 unspecified atom stereocenters. The molecule has 22 heavy (non-hydrogen) atoms. The summed E-state index contributed by atoms with van der Waals surface area (Å²) >= 11 is 0. The Kier molecular flexibility index (Phi) is 4.20. The molecule has 0 fully saturated rings. The summed E-state index contributed by atoms with van der Waals surface area (Å²) in [6.07, 6.45) is 15.4. The van der Waals surface area contributed by atoms with Crippen LogP contribution in [0, 0.1) is 0 Å². The topological polar surface area (TPSA) is 0 Å². The van der Waals surface area contributed by atoms with Crippen LogP contribution in [0.2, 0.25) is 0 Å². The van der Waals surface area contributed by atoms with Crippen LogP contribution >= 0.6 is 0 Å². The Morgan fingerprint density at radius 2 is 1.50 bits per heavy atom. The lowest BCUT2D eigenvalue weighted by Crippen LogP contribution is -2.17. The van der Waals surface area contributed by atoms with Crippen molar-refractivity contribution in [3.63, 3.8) is 0 Å². The van der Waals surface area contributed by atoms with Gasteiger partial charge in [0.2, 0.25) is 0 Å². The van der Waals surface area contributed by atoms with Gasteiger partial charge < -0.3 is 0 Å². The van der Waals surface area contributed by atoms with Crippen molar-refractivity contribution in [2.45, 2.75) is 12.3 Å². The number of hydrogen-bond acceptors (Lipinski definition) is 0. The predicted octanol–water partition coefficient (Wildman–Crippen LogP) is 5.71. The third-order valence-corrected chi connectivity index (χ3v) is 3.98. The van der Waals surface area contributed by atoms with Crippen LogP contribution in [0.3, 0.4) is 0 Å².